The fraction of sp³-hybridized carbons (Fsp3) is 0.929. The molecule has 2 atom stereocenters. The van der Waals surface area contributed by atoms with E-state index in [0.717, 1.165) is 26.1 Å². The minimum Gasteiger partial charge on any atom is -0.352 e. The molecule has 4 nitrogen and oxygen atoms in total. The standard InChI is InChI=1S/C14H27N3O/c1-3-7-15-13-6-8-17(9-11(13)2)10-14(18)16-12-4-5-12/h11-13,15H,3-10H2,1-2H3,(H,16,18). The first kappa shape index (κ1) is 13.8. The smallest absolute Gasteiger partial charge is 0.234 e. The topological polar surface area (TPSA) is 44.4 Å². The zero-order valence-electron chi connectivity index (χ0n) is 11.7. The van der Waals surface area contributed by atoms with Gasteiger partial charge >= 0.3 is 0 Å². The molecule has 1 saturated heterocycles. The van der Waals surface area contributed by atoms with Crippen LogP contribution in [-0.4, -0.2) is 49.1 Å². The van der Waals surface area contributed by atoms with E-state index in [4.69, 9.17) is 0 Å². The third-order valence-corrected chi connectivity index (χ3v) is 3.96. The Morgan fingerprint density at radius 2 is 2.11 bits per heavy atom. The average molecular weight is 253 g/mol. The molecule has 104 valence electrons. The van der Waals surface area contributed by atoms with Gasteiger partial charge in [-0.2, -0.15) is 0 Å². The van der Waals surface area contributed by atoms with Crippen molar-refractivity contribution in [3.05, 3.63) is 0 Å². The number of likely N-dealkylation sites (tertiary alicyclic amines) is 1. The minimum atomic E-state index is 0.213. The van der Waals surface area contributed by atoms with E-state index in [1.807, 2.05) is 0 Å². The van der Waals surface area contributed by atoms with Gasteiger partial charge in [0.15, 0.2) is 0 Å². The average Bonchev–Trinajstić information content (AvgIpc) is 3.12. The summed E-state index contributed by atoms with van der Waals surface area (Å²) in [7, 11) is 0. The number of hydrogen-bond acceptors (Lipinski definition) is 3. The second-order valence-electron chi connectivity index (χ2n) is 5.90. The summed E-state index contributed by atoms with van der Waals surface area (Å²) in [4.78, 5) is 14.1. The Morgan fingerprint density at radius 1 is 1.33 bits per heavy atom. The molecule has 18 heavy (non-hydrogen) atoms. The van der Waals surface area contributed by atoms with Crippen molar-refractivity contribution in [1.82, 2.24) is 15.5 Å². The lowest BCUT2D eigenvalue weighted by atomic mass is 9.93. The molecule has 4 heteroatoms. The summed E-state index contributed by atoms with van der Waals surface area (Å²) < 4.78 is 0. The Labute approximate surface area is 110 Å². The highest BCUT2D eigenvalue weighted by Gasteiger charge is 2.28. The molecular weight excluding hydrogens is 226 g/mol. The Hall–Kier alpha value is -0.610. The highest BCUT2D eigenvalue weighted by Crippen LogP contribution is 2.19. The maximum absolute atomic E-state index is 11.8. The predicted octanol–water partition coefficient (Wildman–Crippen LogP) is 0.975. The van der Waals surface area contributed by atoms with E-state index in [9.17, 15) is 4.79 Å². The molecular formula is C14H27N3O. The first-order valence-electron chi connectivity index (χ1n) is 7.44. The second kappa shape index (κ2) is 6.53. The number of carbonyl (C=O) groups excluding carboxylic acids is 1. The maximum Gasteiger partial charge on any atom is 0.234 e. The van der Waals surface area contributed by atoms with Crippen LogP contribution in [-0.2, 0) is 4.79 Å². The monoisotopic (exact) mass is 253 g/mol. The second-order valence-corrected chi connectivity index (χ2v) is 5.90. The first-order chi connectivity index (χ1) is 8.69. The van der Waals surface area contributed by atoms with E-state index in [0.29, 0.717) is 24.5 Å². The summed E-state index contributed by atoms with van der Waals surface area (Å²) in [6.45, 7) is 8.27. The van der Waals surface area contributed by atoms with Gasteiger partial charge in [0.05, 0.1) is 6.54 Å². The van der Waals surface area contributed by atoms with Crippen molar-refractivity contribution in [2.24, 2.45) is 5.92 Å². The molecule has 1 aliphatic carbocycles. The number of hydrogen-bond donors (Lipinski definition) is 2. The van der Waals surface area contributed by atoms with Crippen molar-refractivity contribution in [3.63, 3.8) is 0 Å². The fourth-order valence-corrected chi connectivity index (χ4v) is 2.71. The Balaban J connectivity index is 1.68. The fourth-order valence-electron chi connectivity index (χ4n) is 2.71. The van der Waals surface area contributed by atoms with Gasteiger partial charge in [0.2, 0.25) is 5.91 Å². The van der Waals surface area contributed by atoms with Gasteiger partial charge in [-0.25, -0.2) is 0 Å². The summed E-state index contributed by atoms with van der Waals surface area (Å²) >= 11 is 0. The lowest BCUT2D eigenvalue weighted by Gasteiger charge is -2.37. The normalized spacial score (nSPS) is 29.2. The molecule has 0 aromatic rings. The molecule has 2 fully saturated rings. The van der Waals surface area contributed by atoms with Gasteiger partial charge < -0.3 is 10.6 Å². The summed E-state index contributed by atoms with van der Waals surface area (Å²) in [5.41, 5.74) is 0. The molecule has 2 rings (SSSR count). The molecule has 1 aliphatic heterocycles. The molecule has 0 spiro atoms. The van der Waals surface area contributed by atoms with Gasteiger partial charge in [0.25, 0.3) is 0 Å². The van der Waals surface area contributed by atoms with Gasteiger partial charge in [-0.1, -0.05) is 13.8 Å². The Morgan fingerprint density at radius 3 is 2.72 bits per heavy atom. The van der Waals surface area contributed by atoms with Crippen LogP contribution in [0.15, 0.2) is 0 Å². The molecule has 2 aliphatic rings. The van der Waals surface area contributed by atoms with Crippen molar-refractivity contribution in [2.45, 2.75) is 51.6 Å². The number of nitrogens with zero attached hydrogens (tertiary/aromatic N) is 1. The van der Waals surface area contributed by atoms with Crippen LogP contribution in [0, 0.1) is 5.92 Å². The summed E-state index contributed by atoms with van der Waals surface area (Å²) in [5, 5.41) is 6.68. The maximum atomic E-state index is 11.8. The van der Waals surface area contributed by atoms with Crippen molar-refractivity contribution >= 4 is 5.91 Å². The van der Waals surface area contributed by atoms with Crippen LogP contribution < -0.4 is 10.6 Å². The van der Waals surface area contributed by atoms with E-state index in [1.54, 1.807) is 0 Å². The zero-order valence-corrected chi connectivity index (χ0v) is 11.7. The van der Waals surface area contributed by atoms with Crippen LogP contribution in [0.3, 0.4) is 0 Å². The van der Waals surface area contributed by atoms with Crippen molar-refractivity contribution in [2.75, 3.05) is 26.2 Å². The highest BCUT2D eigenvalue weighted by molar-refractivity contribution is 5.78. The molecule has 1 saturated carbocycles. The SMILES string of the molecule is CCCNC1CCN(CC(=O)NC2CC2)CC1C. The number of piperidine rings is 1. The molecule has 0 aromatic heterocycles. The van der Waals surface area contributed by atoms with Gasteiger partial charge in [0, 0.05) is 25.2 Å². The van der Waals surface area contributed by atoms with Crippen molar-refractivity contribution < 1.29 is 4.79 Å². The van der Waals surface area contributed by atoms with E-state index in [1.165, 1.54) is 19.3 Å². The van der Waals surface area contributed by atoms with Crippen LogP contribution in [0.1, 0.15) is 39.5 Å². The molecule has 1 amide bonds. The Bertz CT molecular complexity index is 278. The van der Waals surface area contributed by atoms with Gasteiger partial charge in [0.1, 0.15) is 0 Å². The highest BCUT2D eigenvalue weighted by atomic mass is 16.2. The summed E-state index contributed by atoms with van der Waals surface area (Å²) in [6, 6.07) is 1.12. The predicted molar refractivity (Wildman–Crippen MR) is 73.5 cm³/mol. The molecule has 2 N–H and O–H groups in total. The molecule has 0 bridgehead atoms. The van der Waals surface area contributed by atoms with Crippen LogP contribution in [0.5, 0.6) is 0 Å². The number of rotatable bonds is 6. The third kappa shape index (κ3) is 4.25. The largest absolute Gasteiger partial charge is 0.352 e. The van der Waals surface area contributed by atoms with Crippen LogP contribution >= 0.6 is 0 Å². The van der Waals surface area contributed by atoms with E-state index >= 15 is 0 Å². The number of nitrogens with one attached hydrogen (secondary N) is 2. The lowest BCUT2D eigenvalue weighted by Crippen LogP contribution is -2.50. The van der Waals surface area contributed by atoms with E-state index in [2.05, 4.69) is 29.4 Å². The quantitative estimate of drug-likeness (QED) is 0.741. The van der Waals surface area contributed by atoms with Gasteiger partial charge in [-0.3, -0.25) is 9.69 Å². The number of amides is 1. The molecule has 1 heterocycles. The molecule has 0 aromatic carbocycles. The van der Waals surface area contributed by atoms with Crippen LogP contribution in [0.2, 0.25) is 0 Å². The van der Waals surface area contributed by atoms with E-state index in [-0.39, 0.29) is 5.91 Å². The van der Waals surface area contributed by atoms with Gasteiger partial charge in [-0.15, -0.1) is 0 Å². The third-order valence-electron chi connectivity index (χ3n) is 3.96. The van der Waals surface area contributed by atoms with Crippen molar-refractivity contribution in [3.8, 4) is 0 Å². The van der Waals surface area contributed by atoms with Crippen LogP contribution in [0.25, 0.3) is 0 Å². The van der Waals surface area contributed by atoms with Crippen LogP contribution in [0.4, 0.5) is 0 Å². The summed E-state index contributed by atoms with van der Waals surface area (Å²) in [6.07, 6.45) is 4.70. The zero-order chi connectivity index (χ0) is 13.0. The number of carbonyl (C=O) groups is 1. The lowest BCUT2D eigenvalue weighted by molar-refractivity contribution is -0.122. The minimum absolute atomic E-state index is 0.213. The molecule has 2 unspecified atom stereocenters. The molecule has 0 radical (unpaired) electrons. The summed E-state index contributed by atoms with van der Waals surface area (Å²) in [5.74, 6) is 0.851. The van der Waals surface area contributed by atoms with Gasteiger partial charge in [-0.05, 0) is 38.1 Å². The van der Waals surface area contributed by atoms with Crippen molar-refractivity contribution in [1.29, 1.82) is 0 Å². The first-order valence-corrected chi connectivity index (χ1v) is 7.44. The Kier molecular flexibility index (Phi) is 5.01. The van der Waals surface area contributed by atoms with E-state index < -0.39 is 0 Å².